The summed E-state index contributed by atoms with van der Waals surface area (Å²) in [6.07, 6.45) is 5.23. The number of likely N-dealkylation sites (tertiary alicyclic amines) is 1. The Labute approximate surface area is 191 Å². The molecule has 1 N–H and O–H groups in total. The van der Waals surface area contributed by atoms with E-state index in [4.69, 9.17) is 0 Å². The lowest BCUT2D eigenvalue weighted by Crippen LogP contribution is -2.46. The van der Waals surface area contributed by atoms with E-state index in [1.165, 1.54) is 20.5 Å². The molecule has 2 amide bonds. The highest BCUT2D eigenvalue weighted by atomic mass is 32.1. The van der Waals surface area contributed by atoms with Crippen molar-refractivity contribution in [2.75, 3.05) is 20.1 Å². The summed E-state index contributed by atoms with van der Waals surface area (Å²) in [5, 5.41) is 4.51. The van der Waals surface area contributed by atoms with Crippen LogP contribution in [0.4, 0.5) is 0 Å². The molecular formula is C23H32N4O4S. The lowest BCUT2D eigenvalue weighted by atomic mass is 9.81. The summed E-state index contributed by atoms with van der Waals surface area (Å²) in [5.41, 5.74) is -0.139. The molecule has 32 heavy (non-hydrogen) atoms. The van der Waals surface area contributed by atoms with Crippen molar-refractivity contribution in [3.05, 3.63) is 32.3 Å². The second kappa shape index (κ2) is 9.60. The monoisotopic (exact) mass is 460 g/mol. The van der Waals surface area contributed by atoms with E-state index in [0.29, 0.717) is 29.2 Å². The summed E-state index contributed by atoms with van der Waals surface area (Å²) in [7, 11) is 1.65. The Bertz CT molecular complexity index is 1110. The Morgan fingerprint density at radius 3 is 2.56 bits per heavy atom. The van der Waals surface area contributed by atoms with Gasteiger partial charge in [0.25, 0.3) is 5.56 Å². The Hall–Kier alpha value is -2.42. The molecule has 1 saturated heterocycles. The first-order valence-electron chi connectivity index (χ1n) is 11.6. The van der Waals surface area contributed by atoms with E-state index in [1.54, 1.807) is 18.5 Å². The highest BCUT2D eigenvalue weighted by Gasteiger charge is 2.28. The third-order valence-corrected chi connectivity index (χ3v) is 7.94. The molecule has 9 heteroatoms. The fraction of sp³-hybridized carbons (Fsp3) is 0.652. The zero-order valence-electron chi connectivity index (χ0n) is 18.8. The average molecular weight is 461 g/mol. The predicted molar refractivity (Wildman–Crippen MR) is 125 cm³/mol. The number of carbonyl (C=O) groups is 2. The summed E-state index contributed by atoms with van der Waals surface area (Å²) < 4.78 is 3.31. The van der Waals surface area contributed by atoms with Gasteiger partial charge in [0.15, 0.2) is 0 Å². The standard InChI is InChI=1S/C23H32N4O4S/c1-15-4-3-10-25(12-15)19(28)14-26-18-9-11-32-20(18)22(30)27(23(26)31)13-16-5-7-17(8-6-16)21(29)24-2/h9,11,15-17H,3-8,10,12-14H2,1-2H3,(H,24,29)/t15-,16?,17?/m0/s1. The zero-order chi connectivity index (χ0) is 22.8. The summed E-state index contributed by atoms with van der Waals surface area (Å²) in [6.45, 7) is 3.87. The van der Waals surface area contributed by atoms with Crippen LogP contribution in [0.5, 0.6) is 0 Å². The van der Waals surface area contributed by atoms with Gasteiger partial charge in [-0.25, -0.2) is 4.79 Å². The fourth-order valence-corrected chi connectivity index (χ4v) is 6.01. The molecule has 1 saturated carbocycles. The molecule has 0 radical (unpaired) electrons. The molecule has 3 heterocycles. The molecule has 174 valence electrons. The number of fused-ring (bicyclic) bond motifs is 1. The lowest BCUT2D eigenvalue weighted by molar-refractivity contribution is -0.133. The van der Waals surface area contributed by atoms with E-state index < -0.39 is 5.69 Å². The van der Waals surface area contributed by atoms with Crippen LogP contribution in [-0.4, -0.2) is 46.0 Å². The largest absolute Gasteiger partial charge is 0.359 e. The minimum absolute atomic E-state index is 0.00830. The molecule has 4 rings (SSSR count). The first-order chi connectivity index (χ1) is 15.4. The number of piperidine rings is 1. The average Bonchev–Trinajstić information content (AvgIpc) is 3.29. The van der Waals surface area contributed by atoms with Crippen LogP contribution in [0.3, 0.4) is 0 Å². The third kappa shape index (κ3) is 4.53. The molecule has 2 aromatic heterocycles. The van der Waals surface area contributed by atoms with Crippen molar-refractivity contribution in [3.8, 4) is 0 Å². The van der Waals surface area contributed by atoms with Crippen molar-refractivity contribution >= 4 is 33.4 Å². The highest BCUT2D eigenvalue weighted by Crippen LogP contribution is 2.29. The van der Waals surface area contributed by atoms with Gasteiger partial charge in [0.2, 0.25) is 11.8 Å². The molecule has 1 atom stereocenters. The van der Waals surface area contributed by atoms with Crippen LogP contribution in [0.1, 0.15) is 45.4 Å². The van der Waals surface area contributed by atoms with Gasteiger partial charge in [0, 0.05) is 32.6 Å². The summed E-state index contributed by atoms with van der Waals surface area (Å²) in [5.74, 6) is 0.639. The van der Waals surface area contributed by atoms with Crippen molar-refractivity contribution in [2.24, 2.45) is 17.8 Å². The Balaban J connectivity index is 1.58. The minimum Gasteiger partial charge on any atom is -0.359 e. The van der Waals surface area contributed by atoms with Gasteiger partial charge in [-0.3, -0.25) is 23.5 Å². The van der Waals surface area contributed by atoms with Crippen LogP contribution in [-0.2, 0) is 22.7 Å². The van der Waals surface area contributed by atoms with Crippen molar-refractivity contribution < 1.29 is 9.59 Å². The van der Waals surface area contributed by atoms with Gasteiger partial charge in [-0.05, 0) is 61.8 Å². The lowest BCUT2D eigenvalue weighted by Gasteiger charge is -2.31. The number of thiophene rings is 1. The molecule has 1 aliphatic carbocycles. The number of nitrogens with one attached hydrogen (secondary N) is 1. The molecule has 0 unspecified atom stereocenters. The molecule has 8 nitrogen and oxygen atoms in total. The molecule has 2 aromatic rings. The number of carbonyl (C=O) groups excluding carboxylic acids is 2. The quantitative estimate of drug-likeness (QED) is 0.739. The second-order valence-electron chi connectivity index (χ2n) is 9.34. The number of aromatic nitrogens is 2. The predicted octanol–water partition coefficient (Wildman–Crippen LogP) is 2.04. The summed E-state index contributed by atoms with van der Waals surface area (Å²) in [4.78, 5) is 53.2. The SMILES string of the molecule is CNC(=O)C1CCC(Cn2c(=O)c3sccc3n(CC(=O)N3CCC[C@H](C)C3)c2=O)CC1. The maximum atomic E-state index is 13.4. The van der Waals surface area contributed by atoms with Gasteiger partial charge in [0.1, 0.15) is 11.2 Å². The van der Waals surface area contributed by atoms with Crippen molar-refractivity contribution in [1.29, 1.82) is 0 Å². The number of hydrogen-bond acceptors (Lipinski definition) is 5. The minimum atomic E-state index is -0.410. The van der Waals surface area contributed by atoms with E-state index in [2.05, 4.69) is 12.2 Å². The first-order valence-corrected chi connectivity index (χ1v) is 12.5. The smallest absolute Gasteiger partial charge is 0.332 e. The van der Waals surface area contributed by atoms with Crippen molar-refractivity contribution in [2.45, 2.75) is 58.5 Å². The first kappa shape index (κ1) is 22.8. The van der Waals surface area contributed by atoms with Crippen LogP contribution < -0.4 is 16.6 Å². The van der Waals surface area contributed by atoms with E-state index in [1.807, 2.05) is 4.90 Å². The highest BCUT2D eigenvalue weighted by molar-refractivity contribution is 7.17. The molecule has 2 aliphatic rings. The summed E-state index contributed by atoms with van der Waals surface area (Å²) in [6, 6.07) is 1.76. The summed E-state index contributed by atoms with van der Waals surface area (Å²) >= 11 is 1.31. The molecule has 0 bridgehead atoms. The molecule has 1 aliphatic heterocycles. The number of nitrogens with zero attached hydrogens (tertiary/aromatic N) is 3. The molecule has 0 spiro atoms. The Morgan fingerprint density at radius 1 is 1.12 bits per heavy atom. The maximum Gasteiger partial charge on any atom is 0.332 e. The molecular weight excluding hydrogens is 428 g/mol. The van der Waals surface area contributed by atoms with Gasteiger partial charge >= 0.3 is 5.69 Å². The van der Waals surface area contributed by atoms with Crippen LogP contribution >= 0.6 is 11.3 Å². The van der Waals surface area contributed by atoms with Crippen molar-refractivity contribution in [3.63, 3.8) is 0 Å². The maximum absolute atomic E-state index is 13.4. The van der Waals surface area contributed by atoms with E-state index in [-0.39, 0.29) is 35.8 Å². The van der Waals surface area contributed by atoms with E-state index in [0.717, 1.165) is 45.1 Å². The number of amides is 2. The zero-order valence-corrected chi connectivity index (χ0v) is 19.7. The fourth-order valence-electron chi connectivity index (χ4n) is 5.17. The van der Waals surface area contributed by atoms with Gasteiger partial charge in [-0.2, -0.15) is 0 Å². The molecule has 2 fully saturated rings. The Morgan fingerprint density at radius 2 is 1.88 bits per heavy atom. The van der Waals surface area contributed by atoms with Gasteiger partial charge in [0.05, 0.1) is 5.52 Å². The van der Waals surface area contributed by atoms with Gasteiger partial charge < -0.3 is 10.2 Å². The van der Waals surface area contributed by atoms with Crippen LogP contribution in [0.15, 0.2) is 21.0 Å². The number of hydrogen-bond donors (Lipinski definition) is 1. The normalized spacial score (nSPS) is 23.9. The van der Waals surface area contributed by atoms with Crippen LogP contribution in [0, 0.1) is 17.8 Å². The van der Waals surface area contributed by atoms with E-state index in [9.17, 15) is 19.2 Å². The van der Waals surface area contributed by atoms with Gasteiger partial charge in [-0.1, -0.05) is 6.92 Å². The van der Waals surface area contributed by atoms with Crippen molar-refractivity contribution in [1.82, 2.24) is 19.4 Å². The second-order valence-corrected chi connectivity index (χ2v) is 10.3. The van der Waals surface area contributed by atoms with Gasteiger partial charge in [-0.15, -0.1) is 11.3 Å². The van der Waals surface area contributed by atoms with Crippen LogP contribution in [0.2, 0.25) is 0 Å². The Kier molecular flexibility index (Phi) is 6.83. The third-order valence-electron chi connectivity index (χ3n) is 7.04. The van der Waals surface area contributed by atoms with Crippen LogP contribution in [0.25, 0.3) is 10.2 Å². The van der Waals surface area contributed by atoms with E-state index >= 15 is 0 Å². The molecule has 0 aromatic carbocycles. The number of rotatable bonds is 5. The topological polar surface area (TPSA) is 93.4 Å².